The molecule has 0 heterocycles. The van der Waals surface area contributed by atoms with Crippen molar-refractivity contribution in [3.05, 3.63) is 0 Å². The van der Waals surface area contributed by atoms with Crippen LogP contribution in [0.1, 0.15) is 53.9 Å². The molecule has 0 aliphatic heterocycles. The number of amides is 1. The van der Waals surface area contributed by atoms with Crippen LogP contribution in [-0.4, -0.2) is 31.1 Å². The zero-order valence-electron chi connectivity index (χ0n) is 13.7. The van der Waals surface area contributed by atoms with Gasteiger partial charge in [-0.25, -0.2) is 4.79 Å². The van der Waals surface area contributed by atoms with E-state index in [0.29, 0.717) is 12.3 Å². The SMILES string of the molecule is COC(=O)[C@H](CC(C)C)NC(=O)CC(N)CC(C)(C)C. The topological polar surface area (TPSA) is 81.4 Å². The highest BCUT2D eigenvalue weighted by molar-refractivity contribution is 5.84. The number of nitrogens with one attached hydrogen (secondary N) is 1. The fourth-order valence-electron chi connectivity index (χ4n) is 2.18. The van der Waals surface area contributed by atoms with Crippen LogP contribution in [-0.2, 0) is 14.3 Å². The van der Waals surface area contributed by atoms with Gasteiger partial charge in [-0.15, -0.1) is 0 Å². The number of nitrogens with two attached hydrogens (primary N) is 1. The van der Waals surface area contributed by atoms with E-state index in [1.54, 1.807) is 0 Å². The number of carbonyl (C=O) groups excluding carboxylic acids is 2. The van der Waals surface area contributed by atoms with Crippen LogP contribution >= 0.6 is 0 Å². The van der Waals surface area contributed by atoms with Crippen molar-refractivity contribution in [2.45, 2.75) is 66.0 Å². The third-order valence-corrected chi connectivity index (χ3v) is 2.85. The summed E-state index contributed by atoms with van der Waals surface area (Å²) in [5.74, 6) is -0.308. The molecule has 0 aliphatic rings. The quantitative estimate of drug-likeness (QED) is 0.700. The summed E-state index contributed by atoms with van der Waals surface area (Å²) in [5, 5.41) is 2.72. The summed E-state index contributed by atoms with van der Waals surface area (Å²) in [6.45, 7) is 10.2. The predicted molar refractivity (Wildman–Crippen MR) is 80.1 cm³/mol. The number of hydrogen-bond acceptors (Lipinski definition) is 4. The van der Waals surface area contributed by atoms with Crippen molar-refractivity contribution >= 4 is 11.9 Å². The Morgan fingerprint density at radius 3 is 2.20 bits per heavy atom. The summed E-state index contributed by atoms with van der Waals surface area (Å²) >= 11 is 0. The number of hydrogen-bond donors (Lipinski definition) is 2. The van der Waals surface area contributed by atoms with E-state index in [9.17, 15) is 9.59 Å². The van der Waals surface area contributed by atoms with Gasteiger partial charge in [0.2, 0.25) is 5.91 Å². The third-order valence-electron chi connectivity index (χ3n) is 2.85. The Bertz CT molecular complexity index is 322. The zero-order valence-corrected chi connectivity index (χ0v) is 13.7. The Morgan fingerprint density at radius 2 is 1.80 bits per heavy atom. The van der Waals surface area contributed by atoms with Gasteiger partial charge in [-0.05, 0) is 24.2 Å². The standard InChI is InChI=1S/C15H30N2O3/c1-10(2)7-12(14(19)20-6)17-13(18)8-11(16)9-15(3,4)5/h10-12H,7-9,16H2,1-6H3,(H,17,18)/t11?,12-/m0/s1. The molecule has 3 N–H and O–H groups in total. The number of carbonyl (C=O) groups is 2. The minimum atomic E-state index is -0.589. The summed E-state index contributed by atoms with van der Waals surface area (Å²) in [6.07, 6.45) is 1.54. The molecule has 0 spiro atoms. The maximum Gasteiger partial charge on any atom is 0.328 e. The average molecular weight is 286 g/mol. The number of esters is 1. The molecule has 20 heavy (non-hydrogen) atoms. The Morgan fingerprint density at radius 1 is 1.25 bits per heavy atom. The average Bonchev–Trinajstić information content (AvgIpc) is 2.23. The first-order valence-corrected chi connectivity index (χ1v) is 7.18. The minimum Gasteiger partial charge on any atom is -0.467 e. The van der Waals surface area contributed by atoms with Crippen molar-refractivity contribution in [3.8, 4) is 0 Å². The highest BCUT2D eigenvalue weighted by Gasteiger charge is 2.24. The van der Waals surface area contributed by atoms with E-state index in [0.717, 1.165) is 6.42 Å². The normalized spacial score (nSPS) is 14.8. The van der Waals surface area contributed by atoms with Crippen LogP contribution in [0.2, 0.25) is 0 Å². The lowest BCUT2D eigenvalue weighted by molar-refractivity contribution is -0.145. The third kappa shape index (κ3) is 8.91. The first-order valence-electron chi connectivity index (χ1n) is 7.18. The predicted octanol–water partition coefficient (Wildman–Crippen LogP) is 1.84. The van der Waals surface area contributed by atoms with Crippen LogP contribution in [0.25, 0.3) is 0 Å². The van der Waals surface area contributed by atoms with Crippen LogP contribution in [0, 0.1) is 11.3 Å². The Kier molecular flexibility index (Phi) is 7.79. The van der Waals surface area contributed by atoms with Gasteiger partial charge in [0.15, 0.2) is 0 Å². The molecule has 0 saturated heterocycles. The minimum absolute atomic E-state index is 0.0827. The molecule has 1 amide bonds. The fourth-order valence-corrected chi connectivity index (χ4v) is 2.18. The molecule has 1 unspecified atom stereocenters. The van der Waals surface area contributed by atoms with Gasteiger partial charge in [-0.1, -0.05) is 34.6 Å². The highest BCUT2D eigenvalue weighted by atomic mass is 16.5. The summed E-state index contributed by atoms with van der Waals surface area (Å²) in [6, 6.07) is -0.790. The van der Waals surface area contributed by atoms with E-state index in [2.05, 4.69) is 26.1 Å². The molecule has 0 radical (unpaired) electrons. The molecule has 0 rings (SSSR count). The lowest BCUT2D eigenvalue weighted by Crippen LogP contribution is -2.44. The van der Waals surface area contributed by atoms with Gasteiger partial charge >= 0.3 is 5.97 Å². The number of ether oxygens (including phenoxy) is 1. The van der Waals surface area contributed by atoms with Crippen LogP contribution in [0.15, 0.2) is 0 Å². The van der Waals surface area contributed by atoms with Crippen LogP contribution < -0.4 is 11.1 Å². The van der Waals surface area contributed by atoms with E-state index in [-0.39, 0.29) is 23.8 Å². The van der Waals surface area contributed by atoms with Crippen molar-refractivity contribution in [2.75, 3.05) is 7.11 Å². The lowest BCUT2D eigenvalue weighted by Gasteiger charge is -2.24. The number of methoxy groups -OCH3 is 1. The van der Waals surface area contributed by atoms with Crippen molar-refractivity contribution in [3.63, 3.8) is 0 Å². The first-order chi connectivity index (χ1) is 9.05. The molecule has 0 aromatic rings. The van der Waals surface area contributed by atoms with Gasteiger partial charge in [0, 0.05) is 12.5 Å². The molecule has 2 atom stereocenters. The smallest absolute Gasteiger partial charge is 0.328 e. The summed E-state index contributed by atoms with van der Waals surface area (Å²) in [4.78, 5) is 23.6. The Balaban J connectivity index is 4.42. The molecule has 0 fully saturated rings. The van der Waals surface area contributed by atoms with Crippen molar-refractivity contribution < 1.29 is 14.3 Å². The van der Waals surface area contributed by atoms with Gasteiger partial charge in [0.05, 0.1) is 7.11 Å². The van der Waals surface area contributed by atoms with Crippen LogP contribution in [0.3, 0.4) is 0 Å². The summed E-state index contributed by atoms with van der Waals surface area (Å²) in [7, 11) is 1.33. The van der Waals surface area contributed by atoms with Gasteiger partial charge in [0.25, 0.3) is 0 Å². The van der Waals surface area contributed by atoms with Gasteiger partial charge in [-0.3, -0.25) is 4.79 Å². The molecule has 0 aliphatic carbocycles. The second kappa shape index (κ2) is 8.25. The maximum atomic E-state index is 12.0. The first kappa shape index (κ1) is 18.9. The van der Waals surface area contributed by atoms with E-state index in [4.69, 9.17) is 10.5 Å². The molecule has 0 saturated carbocycles. The fraction of sp³-hybridized carbons (Fsp3) is 0.867. The number of rotatable bonds is 7. The largest absolute Gasteiger partial charge is 0.467 e. The molecule has 0 aromatic heterocycles. The lowest BCUT2D eigenvalue weighted by atomic mass is 9.87. The maximum absolute atomic E-state index is 12.0. The molecule has 5 nitrogen and oxygen atoms in total. The molecule has 0 bridgehead atoms. The Hall–Kier alpha value is -1.10. The van der Waals surface area contributed by atoms with Gasteiger partial charge in [-0.2, -0.15) is 0 Å². The van der Waals surface area contributed by atoms with E-state index >= 15 is 0 Å². The summed E-state index contributed by atoms with van der Waals surface area (Å²) in [5.41, 5.74) is 6.05. The van der Waals surface area contributed by atoms with Gasteiger partial charge in [0.1, 0.15) is 6.04 Å². The van der Waals surface area contributed by atoms with Crippen molar-refractivity contribution in [1.29, 1.82) is 0 Å². The van der Waals surface area contributed by atoms with Crippen molar-refractivity contribution in [1.82, 2.24) is 5.32 Å². The van der Waals surface area contributed by atoms with Crippen LogP contribution in [0.4, 0.5) is 0 Å². The van der Waals surface area contributed by atoms with Crippen molar-refractivity contribution in [2.24, 2.45) is 17.1 Å². The van der Waals surface area contributed by atoms with Crippen LogP contribution in [0.5, 0.6) is 0 Å². The van der Waals surface area contributed by atoms with E-state index in [1.807, 2.05) is 13.8 Å². The summed E-state index contributed by atoms with van der Waals surface area (Å²) < 4.78 is 4.71. The molecule has 0 aromatic carbocycles. The zero-order chi connectivity index (χ0) is 15.9. The molecule has 5 heteroatoms. The van der Waals surface area contributed by atoms with Gasteiger partial charge < -0.3 is 15.8 Å². The van der Waals surface area contributed by atoms with E-state index in [1.165, 1.54) is 7.11 Å². The molecular formula is C15H30N2O3. The second-order valence-corrected chi connectivity index (χ2v) is 7.00. The monoisotopic (exact) mass is 286 g/mol. The highest BCUT2D eigenvalue weighted by Crippen LogP contribution is 2.21. The molecular weight excluding hydrogens is 256 g/mol. The Labute approximate surface area is 122 Å². The second-order valence-electron chi connectivity index (χ2n) is 7.00. The molecule has 118 valence electrons. The van der Waals surface area contributed by atoms with E-state index < -0.39 is 12.0 Å².